The summed E-state index contributed by atoms with van der Waals surface area (Å²) in [5.74, 6) is -1.53. The first kappa shape index (κ1) is 19.5. The number of thiophene rings is 1. The summed E-state index contributed by atoms with van der Waals surface area (Å²) >= 11 is 1.18. The first-order chi connectivity index (χ1) is 13.4. The van der Waals surface area contributed by atoms with E-state index in [1.165, 1.54) is 15.6 Å². The van der Waals surface area contributed by atoms with Crippen LogP contribution in [0.1, 0.15) is 25.7 Å². The lowest BCUT2D eigenvalue weighted by atomic mass is 10.2. The molecule has 2 saturated heterocycles. The van der Waals surface area contributed by atoms with Crippen molar-refractivity contribution in [1.29, 1.82) is 0 Å². The molecule has 11 heteroatoms. The second-order valence-corrected chi connectivity index (χ2v) is 10.3. The maximum Gasteiger partial charge on any atom is 0.335 e. The van der Waals surface area contributed by atoms with Crippen molar-refractivity contribution in [3.8, 4) is 0 Å². The van der Waals surface area contributed by atoms with Gasteiger partial charge < -0.3 is 0 Å². The van der Waals surface area contributed by atoms with Crippen molar-refractivity contribution in [3.63, 3.8) is 0 Å². The van der Waals surface area contributed by atoms with E-state index in [4.69, 9.17) is 0 Å². The Hall–Kier alpha value is -1.82. The number of amides is 4. The number of carbonyl (C=O) groups is 3. The molecule has 1 aromatic rings. The van der Waals surface area contributed by atoms with E-state index in [2.05, 4.69) is 0 Å². The third kappa shape index (κ3) is 3.36. The average molecular weight is 427 g/mol. The van der Waals surface area contributed by atoms with Gasteiger partial charge in [-0.15, -0.1) is 11.3 Å². The Kier molecular flexibility index (Phi) is 5.25. The third-order valence-corrected chi connectivity index (χ3v) is 8.81. The molecule has 0 unspecified atom stereocenters. The highest BCUT2D eigenvalue weighted by atomic mass is 32.2. The van der Waals surface area contributed by atoms with E-state index in [1.807, 2.05) is 4.90 Å². The molecule has 2 aliphatic heterocycles. The minimum absolute atomic E-state index is 0.0134. The fraction of sp³-hybridized carbons (Fsp3) is 0.588. The van der Waals surface area contributed by atoms with Crippen LogP contribution in [0.5, 0.6) is 0 Å². The van der Waals surface area contributed by atoms with Crippen molar-refractivity contribution in [3.05, 3.63) is 17.5 Å². The standard InChI is InChI=1S/C17H22N4O5S2/c22-15-16(23)21(13-4-1-2-5-13)17(24)20(15)12-18-7-9-19(10-8-18)28(25,26)14-6-3-11-27-14/h3,6,11,13H,1-2,4-5,7-10,12H2. The second kappa shape index (κ2) is 7.54. The number of rotatable bonds is 5. The SMILES string of the molecule is O=C1C(=O)N(C2CCCC2)C(=O)N1CN1CCN(S(=O)(=O)c2cccs2)CC1. The van der Waals surface area contributed by atoms with Gasteiger partial charge in [0.25, 0.3) is 10.0 Å². The Morgan fingerprint density at radius 1 is 1.00 bits per heavy atom. The van der Waals surface area contributed by atoms with Crippen LogP contribution in [-0.2, 0) is 19.6 Å². The molecule has 28 heavy (non-hydrogen) atoms. The average Bonchev–Trinajstić information content (AvgIpc) is 3.42. The van der Waals surface area contributed by atoms with Gasteiger partial charge in [-0.3, -0.25) is 19.4 Å². The molecule has 0 radical (unpaired) electrons. The van der Waals surface area contributed by atoms with E-state index in [0.29, 0.717) is 17.3 Å². The predicted molar refractivity (Wildman–Crippen MR) is 101 cm³/mol. The van der Waals surface area contributed by atoms with E-state index in [0.717, 1.165) is 35.5 Å². The molecule has 0 bridgehead atoms. The number of hydrogen-bond acceptors (Lipinski definition) is 7. The van der Waals surface area contributed by atoms with Gasteiger partial charge in [-0.25, -0.2) is 18.1 Å². The molecule has 0 atom stereocenters. The van der Waals surface area contributed by atoms with Crippen LogP contribution in [0.25, 0.3) is 0 Å². The molecule has 3 fully saturated rings. The van der Waals surface area contributed by atoms with Crippen LogP contribution in [0.15, 0.2) is 21.7 Å². The van der Waals surface area contributed by atoms with Crippen molar-refractivity contribution in [2.24, 2.45) is 0 Å². The lowest BCUT2D eigenvalue weighted by Gasteiger charge is -2.35. The second-order valence-electron chi connectivity index (χ2n) is 7.22. The summed E-state index contributed by atoms with van der Waals surface area (Å²) in [6.45, 7) is 1.34. The number of carbonyl (C=O) groups excluding carboxylic acids is 3. The fourth-order valence-electron chi connectivity index (χ4n) is 3.98. The number of nitrogens with zero attached hydrogens (tertiary/aromatic N) is 4. The van der Waals surface area contributed by atoms with Crippen molar-refractivity contribution < 1.29 is 22.8 Å². The van der Waals surface area contributed by atoms with Gasteiger partial charge in [0, 0.05) is 32.2 Å². The molecule has 3 aliphatic rings. The van der Waals surface area contributed by atoms with Crippen LogP contribution in [0.3, 0.4) is 0 Å². The first-order valence-electron chi connectivity index (χ1n) is 9.34. The number of hydrogen-bond donors (Lipinski definition) is 0. The third-order valence-electron chi connectivity index (χ3n) is 5.54. The summed E-state index contributed by atoms with van der Waals surface area (Å²) < 4.78 is 26.9. The summed E-state index contributed by atoms with van der Waals surface area (Å²) in [6, 6.07) is 2.56. The molecule has 1 aliphatic carbocycles. The topological polar surface area (TPSA) is 98.3 Å². The van der Waals surface area contributed by atoms with Crippen LogP contribution in [0, 0.1) is 0 Å². The van der Waals surface area contributed by atoms with Crippen molar-refractivity contribution in [1.82, 2.24) is 19.0 Å². The number of urea groups is 1. The van der Waals surface area contributed by atoms with Crippen LogP contribution in [-0.4, -0.2) is 84.2 Å². The molecule has 9 nitrogen and oxygen atoms in total. The monoisotopic (exact) mass is 426 g/mol. The highest BCUT2D eigenvalue weighted by Crippen LogP contribution is 2.28. The van der Waals surface area contributed by atoms with E-state index in [9.17, 15) is 22.8 Å². The van der Waals surface area contributed by atoms with Gasteiger partial charge in [-0.1, -0.05) is 18.9 Å². The lowest BCUT2D eigenvalue weighted by Crippen LogP contribution is -2.52. The minimum Gasteiger partial charge on any atom is -0.283 e. The van der Waals surface area contributed by atoms with Gasteiger partial charge in [-0.2, -0.15) is 4.31 Å². The van der Waals surface area contributed by atoms with E-state index in [1.54, 1.807) is 17.5 Å². The molecule has 0 spiro atoms. The molecular formula is C17H22N4O5S2. The van der Waals surface area contributed by atoms with Crippen LogP contribution in [0.2, 0.25) is 0 Å². The highest BCUT2D eigenvalue weighted by Gasteiger charge is 2.48. The Bertz CT molecular complexity index is 871. The van der Waals surface area contributed by atoms with Gasteiger partial charge in [0.05, 0.1) is 6.67 Å². The van der Waals surface area contributed by atoms with E-state index in [-0.39, 0.29) is 25.8 Å². The molecular weight excluding hydrogens is 404 g/mol. The maximum absolute atomic E-state index is 12.6. The van der Waals surface area contributed by atoms with Crippen molar-refractivity contribution in [2.45, 2.75) is 35.9 Å². The molecule has 4 rings (SSSR count). The maximum atomic E-state index is 12.6. The zero-order valence-corrected chi connectivity index (χ0v) is 17.0. The van der Waals surface area contributed by atoms with Crippen molar-refractivity contribution >= 4 is 39.2 Å². The first-order valence-corrected chi connectivity index (χ1v) is 11.7. The highest BCUT2D eigenvalue weighted by molar-refractivity contribution is 7.91. The van der Waals surface area contributed by atoms with Crippen LogP contribution >= 0.6 is 11.3 Å². The molecule has 0 aromatic carbocycles. The predicted octanol–water partition coefficient (Wildman–Crippen LogP) is 0.745. The molecule has 0 N–H and O–H groups in total. The number of imide groups is 2. The summed E-state index contributed by atoms with van der Waals surface area (Å²) in [5.41, 5.74) is 0. The van der Waals surface area contributed by atoms with Gasteiger partial charge in [0.2, 0.25) is 0 Å². The van der Waals surface area contributed by atoms with Crippen molar-refractivity contribution in [2.75, 3.05) is 32.8 Å². The van der Waals surface area contributed by atoms with Gasteiger partial charge in [0.1, 0.15) is 4.21 Å². The Morgan fingerprint density at radius 2 is 1.68 bits per heavy atom. The molecule has 1 aromatic heterocycles. The molecule has 4 amide bonds. The summed E-state index contributed by atoms with van der Waals surface area (Å²) in [7, 11) is -3.50. The summed E-state index contributed by atoms with van der Waals surface area (Å²) in [5, 5.41) is 1.72. The smallest absolute Gasteiger partial charge is 0.283 e. The Balaban J connectivity index is 1.38. The number of piperazine rings is 1. The van der Waals surface area contributed by atoms with Crippen LogP contribution < -0.4 is 0 Å². The van der Waals surface area contributed by atoms with E-state index >= 15 is 0 Å². The molecule has 1 saturated carbocycles. The number of sulfonamides is 1. The van der Waals surface area contributed by atoms with Crippen LogP contribution in [0.4, 0.5) is 4.79 Å². The van der Waals surface area contributed by atoms with Gasteiger partial charge in [0.15, 0.2) is 0 Å². The zero-order chi connectivity index (χ0) is 19.9. The van der Waals surface area contributed by atoms with E-state index < -0.39 is 27.9 Å². The minimum atomic E-state index is -3.50. The normalized spacial score (nSPS) is 23.4. The quantitative estimate of drug-likeness (QED) is 0.509. The zero-order valence-electron chi connectivity index (χ0n) is 15.3. The van der Waals surface area contributed by atoms with Gasteiger partial charge >= 0.3 is 17.8 Å². The summed E-state index contributed by atoms with van der Waals surface area (Å²) in [6.07, 6.45) is 3.41. The molecule has 152 valence electrons. The lowest BCUT2D eigenvalue weighted by molar-refractivity contribution is -0.144. The van der Waals surface area contributed by atoms with Gasteiger partial charge in [-0.05, 0) is 24.3 Å². The fourth-order valence-corrected chi connectivity index (χ4v) is 6.55. The summed E-state index contributed by atoms with van der Waals surface area (Å²) in [4.78, 5) is 41.2. The largest absolute Gasteiger partial charge is 0.335 e. The Morgan fingerprint density at radius 3 is 2.29 bits per heavy atom. The Labute approximate surface area is 167 Å². The molecule has 3 heterocycles.